The van der Waals surface area contributed by atoms with Gasteiger partial charge in [0.1, 0.15) is 0 Å². The predicted molar refractivity (Wildman–Crippen MR) is 65.1 cm³/mol. The van der Waals surface area contributed by atoms with Crippen LogP contribution in [0.2, 0.25) is 0 Å². The molecule has 1 aliphatic heterocycles. The van der Waals surface area contributed by atoms with Gasteiger partial charge in [-0.1, -0.05) is 0 Å². The number of carbonyl (C=O) groups excluding carboxylic acids is 1. The third kappa shape index (κ3) is 3.09. The minimum absolute atomic E-state index is 0.151. The van der Waals surface area contributed by atoms with Gasteiger partial charge >= 0.3 is 0 Å². The monoisotopic (exact) mass is 235 g/mol. The van der Waals surface area contributed by atoms with E-state index in [1.54, 1.807) is 19.4 Å². The van der Waals surface area contributed by atoms with E-state index in [0.29, 0.717) is 12.4 Å². The summed E-state index contributed by atoms with van der Waals surface area (Å²) in [4.78, 5) is 17.7. The molecule has 0 spiro atoms. The van der Waals surface area contributed by atoms with Gasteiger partial charge in [-0.2, -0.15) is 0 Å². The zero-order valence-corrected chi connectivity index (χ0v) is 9.98. The first-order valence-electron chi connectivity index (χ1n) is 5.81. The SMILES string of the molecule is COc1ccc(NCC(=O)N2CCCC2)cn1. The number of nitrogens with one attached hydrogen (secondary N) is 1. The van der Waals surface area contributed by atoms with E-state index in [0.717, 1.165) is 31.6 Å². The summed E-state index contributed by atoms with van der Waals surface area (Å²) in [6.45, 7) is 2.11. The Kier molecular flexibility index (Phi) is 3.80. The van der Waals surface area contributed by atoms with E-state index in [1.807, 2.05) is 11.0 Å². The minimum atomic E-state index is 0.151. The van der Waals surface area contributed by atoms with Crippen LogP contribution in [-0.4, -0.2) is 42.5 Å². The van der Waals surface area contributed by atoms with E-state index in [4.69, 9.17) is 4.74 Å². The van der Waals surface area contributed by atoms with Crippen LogP contribution in [0.3, 0.4) is 0 Å². The molecule has 2 heterocycles. The van der Waals surface area contributed by atoms with Crippen molar-refractivity contribution in [2.75, 3.05) is 32.1 Å². The summed E-state index contributed by atoms with van der Waals surface area (Å²) in [5.74, 6) is 0.722. The van der Waals surface area contributed by atoms with Gasteiger partial charge in [0.25, 0.3) is 0 Å². The van der Waals surface area contributed by atoms with Crippen molar-refractivity contribution < 1.29 is 9.53 Å². The number of likely N-dealkylation sites (tertiary alicyclic amines) is 1. The Balaban J connectivity index is 1.82. The van der Waals surface area contributed by atoms with Gasteiger partial charge in [0, 0.05) is 19.2 Å². The van der Waals surface area contributed by atoms with Gasteiger partial charge in [0.15, 0.2) is 0 Å². The minimum Gasteiger partial charge on any atom is -0.481 e. The van der Waals surface area contributed by atoms with Crippen LogP contribution < -0.4 is 10.1 Å². The third-order valence-corrected chi connectivity index (χ3v) is 2.85. The molecule has 5 nitrogen and oxygen atoms in total. The number of anilines is 1. The molecule has 1 aromatic heterocycles. The predicted octanol–water partition coefficient (Wildman–Crippen LogP) is 1.12. The lowest BCUT2D eigenvalue weighted by molar-refractivity contribution is -0.128. The van der Waals surface area contributed by atoms with Crippen molar-refractivity contribution in [3.8, 4) is 5.88 Å². The third-order valence-electron chi connectivity index (χ3n) is 2.85. The molecule has 1 amide bonds. The molecular weight excluding hydrogens is 218 g/mol. The number of aromatic nitrogens is 1. The van der Waals surface area contributed by atoms with Gasteiger partial charge in [-0.05, 0) is 18.9 Å². The summed E-state index contributed by atoms with van der Waals surface area (Å²) >= 11 is 0. The maximum absolute atomic E-state index is 11.8. The molecule has 0 bridgehead atoms. The number of hydrogen-bond acceptors (Lipinski definition) is 4. The van der Waals surface area contributed by atoms with E-state index in [9.17, 15) is 4.79 Å². The van der Waals surface area contributed by atoms with E-state index < -0.39 is 0 Å². The van der Waals surface area contributed by atoms with Crippen LogP contribution in [0.5, 0.6) is 5.88 Å². The second-order valence-corrected chi connectivity index (χ2v) is 4.03. The molecule has 0 radical (unpaired) electrons. The zero-order chi connectivity index (χ0) is 12.1. The van der Waals surface area contributed by atoms with Crippen LogP contribution in [0.25, 0.3) is 0 Å². The topological polar surface area (TPSA) is 54.5 Å². The highest BCUT2D eigenvalue weighted by molar-refractivity contribution is 5.81. The Bertz CT molecular complexity index is 372. The van der Waals surface area contributed by atoms with Crippen molar-refractivity contribution >= 4 is 11.6 Å². The van der Waals surface area contributed by atoms with Gasteiger partial charge in [0.05, 0.1) is 25.5 Å². The second kappa shape index (κ2) is 5.52. The fraction of sp³-hybridized carbons (Fsp3) is 0.500. The smallest absolute Gasteiger partial charge is 0.241 e. The van der Waals surface area contributed by atoms with Crippen LogP contribution in [-0.2, 0) is 4.79 Å². The van der Waals surface area contributed by atoms with Crippen molar-refractivity contribution in [3.63, 3.8) is 0 Å². The number of amides is 1. The van der Waals surface area contributed by atoms with Crippen molar-refractivity contribution in [2.24, 2.45) is 0 Å². The second-order valence-electron chi connectivity index (χ2n) is 4.03. The number of nitrogens with zero attached hydrogens (tertiary/aromatic N) is 2. The van der Waals surface area contributed by atoms with Gasteiger partial charge in [-0.15, -0.1) is 0 Å². The number of methoxy groups -OCH3 is 1. The Morgan fingerprint density at radius 1 is 1.47 bits per heavy atom. The molecule has 92 valence electrons. The molecule has 1 aromatic rings. The fourth-order valence-electron chi connectivity index (χ4n) is 1.86. The van der Waals surface area contributed by atoms with Crippen molar-refractivity contribution in [2.45, 2.75) is 12.8 Å². The molecule has 1 aliphatic rings. The lowest BCUT2D eigenvalue weighted by Gasteiger charge is -2.15. The highest BCUT2D eigenvalue weighted by Gasteiger charge is 2.17. The van der Waals surface area contributed by atoms with Crippen molar-refractivity contribution in [3.05, 3.63) is 18.3 Å². The summed E-state index contributed by atoms with van der Waals surface area (Å²) in [5.41, 5.74) is 0.832. The van der Waals surface area contributed by atoms with E-state index in [1.165, 1.54) is 0 Å². The normalized spacial score (nSPS) is 14.8. The van der Waals surface area contributed by atoms with Crippen molar-refractivity contribution in [1.29, 1.82) is 0 Å². The number of carbonyl (C=O) groups is 1. The first-order chi connectivity index (χ1) is 8.29. The van der Waals surface area contributed by atoms with Gasteiger partial charge in [0.2, 0.25) is 11.8 Å². The van der Waals surface area contributed by atoms with Crippen LogP contribution in [0, 0.1) is 0 Å². The van der Waals surface area contributed by atoms with Gasteiger partial charge < -0.3 is 15.0 Å². The standard InChI is InChI=1S/C12H17N3O2/c1-17-11-5-4-10(8-14-11)13-9-12(16)15-6-2-3-7-15/h4-5,8,13H,2-3,6-7,9H2,1H3. The van der Waals surface area contributed by atoms with E-state index in [2.05, 4.69) is 10.3 Å². The van der Waals surface area contributed by atoms with Gasteiger partial charge in [-0.3, -0.25) is 4.79 Å². The lowest BCUT2D eigenvalue weighted by Crippen LogP contribution is -2.32. The Morgan fingerprint density at radius 3 is 2.82 bits per heavy atom. The molecule has 1 saturated heterocycles. The summed E-state index contributed by atoms with van der Waals surface area (Å²) in [7, 11) is 1.58. The van der Waals surface area contributed by atoms with Crippen LogP contribution in [0.1, 0.15) is 12.8 Å². The van der Waals surface area contributed by atoms with Crippen LogP contribution in [0.4, 0.5) is 5.69 Å². The Morgan fingerprint density at radius 2 is 2.24 bits per heavy atom. The fourth-order valence-corrected chi connectivity index (χ4v) is 1.86. The molecule has 0 atom stereocenters. The number of pyridine rings is 1. The zero-order valence-electron chi connectivity index (χ0n) is 9.98. The average molecular weight is 235 g/mol. The molecule has 1 fully saturated rings. The van der Waals surface area contributed by atoms with Gasteiger partial charge in [-0.25, -0.2) is 4.98 Å². The van der Waals surface area contributed by atoms with E-state index in [-0.39, 0.29) is 5.91 Å². The summed E-state index contributed by atoms with van der Waals surface area (Å²) < 4.78 is 4.96. The molecule has 0 unspecified atom stereocenters. The molecule has 0 saturated carbocycles. The molecule has 5 heteroatoms. The highest BCUT2D eigenvalue weighted by atomic mass is 16.5. The Labute approximate surface area is 101 Å². The maximum Gasteiger partial charge on any atom is 0.241 e. The van der Waals surface area contributed by atoms with Crippen LogP contribution >= 0.6 is 0 Å². The molecule has 1 N–H and O–H groups in total. The molecular formula is C12H17N3O2. The summed E-state index contributed by atoms with van der Waals surface area (Å²) in [6.07, 6.45) is 3.90. The average Bonchev–Trinajstić information content (AvgIpc) is 2.90. The first kappa shape index (κ1) is 11.7. The number of hydrogen-bond donors (Lipinski definition) is 1. The Hall–Kier alpha value is -1.78. The maximum atomic E-state index is 11.8. The lowest BCUT2D eigenvalue weighted by atomic mass is 10.4. The van der Waals surface area contributed by atoms with Crippen LogP contribution in [0.15, 0.2) is 18.3 Å². The molecule has 2 rings (SSSR count). The first-order valence-corrected chi connectivity index (χ1v) is 5.81. The van der Waals surface area contributed by atoms with Crippen molar-refractivity contribution in [1.82, 2.24) is 9.88 Å². The molecule has 17 heavy (non-hydrogen) atoms. The largest absolute Gasteiger partial charge is 0.481 e. The molecule has 0 aromatic carbocycles. The highest BCUT2D eigenvalue weighted by Crippen LogP contribution is 2.11. The summed E-state index contributed by atoms with van der Waals surface area (Å²) in [6, 6.07) is 3.62. The number of rotatable bonds is 4. The summed E-state index contributed by atoms with van der Waals surface area (Å²) in [5, 5.41) is 3.06. The van der Waals surface area contributed by atoms with E-state index >= 15 is 0 Å². The quantitative estimate of drug-likeness (QED) is 0.849. The molecule has 0 aliphatic carbocycles. The number of ether oxygens (including phenoxy) is 1.